The molecule has 0 fully saturated rings. The van der Waals surface area contributed by atoms with Crippen molar-refractivity contribution in [2.75, 3.05) is 6.61 Å². The van der Waals surface area contributed by atoms with Gasteiger partial charge in [-0.25, -0.2) is 0 Å². The molecule has 0 aliphatic rings. The lowest BCUT2D eigenvalue weighted by Gasteiger charge is -2.24. The molecule has 2 rings (SSSR count). The van der Waals surface area contributed by atoms with Crippen LogP contribution in [0.25, 0.3) is 0 Å². The van der Waals surface area contributed by atoms with E-state index in [0.29, 0.717) is 0 Å². The number of hydrogen-bond donors (Lipinski definition) is 0. The Balaban J connectivity index is 0.00000180. The van der Waals surface area contributed by atoms with Crippen LogP contribution in [-0.2, 0) is 0 Å². The zero-order chi connectivity index (χ0) is 12.8. The molecule has 2 unspecified atom stereocenters. The van der Waals surface area contributed by atoms with Crippen LogP contribution < -0.4 is 9.47 Å². The predicted octanol–water partition coefficient (Wildman–Crippen LogP) is 4.16. The van der Waals surface area contributed by atoms with Crippen LogP contribution in [-0.4, -0.2) is 11.7 Å². The lowest BCUT2D eigenvalue weighted by atomic mass is 10.3. The fraction of sp³-hybridized carbons (Fsp3) is 0.200. The summed E-state index contributed by atoms with van der Waals surface area (Å²) in [5.74, 6) is 1.51. The van der Waals surface area contributed by atoms with Gasteiger partial charge < -0.3 is 9.47 Å². The van der Waals surface area contributed by atoms with E-state index in [2.05, 4.69) is 0 Å². The second-order valence-electron chi connectivity index (χ2n) is 4.12. The van der Waals surface area contributed by atoms with Crippen molar-refractivity contribution in [1.29, 1.82) is 0 Å². The molecule has 0 spiro atoms. The molecule has 0 aromatic heterocycles. The smallest absolute Gasteiger partial charge is 0.213 e. The minimum Gasteiger partial charge on any atom is -0.488 e. The van der Waals surface area contributed by atoms with Crippen LogP contribution in [0.15, 0.2) is 60.7 Å². The van der Waals surface area contributed by atoms with E-state index in [1.807, 2.05) is 60.7 Å². The monoisotopic (exact) mass is 296 g/mol. The normalized spacial score (nSPS) is 12.9. The second kappa shape index (κ2) is 7.37. The van der Waals surface area contributed by atoms with Crippen molar-refractivity contribution in [3.63, 3.8) is 0 Å². The molecular formula is C15H18ClO2P. The fourth-order valence-electron chi connectivity index (χ4n) is 1.49. The molecule has 2 nitrogen and oxygen atoms in total. The number of halogens is 1. The first-order valence-corrected chi connectivity index (χ1v) is 6.14. The molecule has 0 saturated carbocycles. The molecule has 0 radical (unpaired) electrons. The van der Waals surface area contributed by atoms with Crippen LogP contribution >= 0.6 is 21.5 Å². The topological polar surface area (TPSA) is 18.5 Å². The van der Waals surface area contributed by atoms with Crippen molar-refractivity contribution in [1.82, 2.24) is 0 Å². The van der Waals surface area contributed by atoms with Gasteiger partial charge in [0.25, 0.3) is 0 Å². The second-order valence-corrected chi connectivity index (χ2v) is 4.92. The summed E-state index contributed by atoms with van der Waals surface area (Å²) in [7, 11) is 0. The highest BCUT2D eigenvalue weighted by Gasteiger charge is 2.24. The highest BCUT2D eigenvalue weighted by molar-refractivity contribution is 6.92. The molecule has 4 heteroatoms. The third-order valence-electron chi connectivity index (χ3n) is 2.31. The number of alkyl halides is 1. The lowest BCUT2D eigenvalue weighted by molar-refractivity contribution is 0.107. The third-order valence-corrected chi connectivity index (χ3v) is 2.50. The minimum absolute atomic E-state index is 0. The molecule has 19 heavy (non-hydrogen) atoms. The lowest BCUT2D eigenvalue weighted by Crippen LogP contribution is -2.32. The first kappa shape index (κ1) is 15.8. The van der Waals surface area contributed by atoms with Gasteiger partial charge in [-0.05, 0) is 31.2 Å². The van der Waals surface area contributed by atoms with E-state index in [1.165, 1.54) is 0 Å². The molecule has 0 bridgehead atoms. The summed E-state index contributed by atoms with van der Waals surface area (Å²) < 4.78 is 11.3. The summed E-state index contributed by atoms with van der Waals surface area (Å²) >= 11 is 6.27. The average molecular weight is 297 g/mol. The van der Waals surface area contributed by atoms with E-state index in [9.17, 15) is 0 Å². The van der Waals surface area contributed by atoms with Crippen molar-refractivity contribution in [3.05, 3.63) is 60.7 Å². The van der Waals surface area contributed by atoms with E-state index in [-0.39, 0.29) is 16.5 Å². The molecule has 2 aromatic carbocycles. The summed E-state index contributed by atoms with van der Waals surface area (Å²) in [5, 5.41) is -0.892. The Labute approximate surface area is 122 Å². The van der Waals surface area contributed by atoms with Gasteiger partial charge in [0.05, 0.1) is 0 Å². The standard InChI is InChI=1S/C15H15ClO2.H3P/c1-15(16,18-14-10-6-3-7-11-14)12-17-13-8-4-2-5-9-13;/h2-11H,12H2,1H3;1H3. The molecule has 2 atom stereocenters. The summed E-state index contributed by atoms with van der Waals surface area (Å²) in [6.07, 6.45) is 0. The highest BCUT2D eigenvalue weighted by Crippen LogP contribution is 2.23. The fourth-order valence-corrected chi connectivity index (χ4v) is 1.64. The maximum atomic E-state index is 6.27. The molecule has 0 saturated heterocycles. The van der Waals surface area contributed by atoms with E-state index >= 15 is 0 Å². The van der Waals surface area contributed by atoms with Crippen LogP contribution in [0.4, 0.5) is 0 Å². The number of hydrogen-bond acceptors (Lipinski definition) is 2. The quantitative estimate of drug-likeness (QED) is 0.609. The Kier molecular flexibility index (Phi) is 6.14. The van der Waals surface area contributed by atoms with Gasteiger partial charge in [0.15, 0.2) is 0 Å². The Morgan fingerprint density at radius 3 is 1.89 bits per heavy atom. The van der Waals surface area contributed by atoms with Gasteiger partial charge in [0.1, 0.15) is 18.1 Å². The summed E-state index contributed by atoms with van der Waals surface area (Å²) in [4.78, 5) is 0. The Hall–Kier alpha value is -1.24. The molecule has 0 aliphatic heterocycles. The molecular weight excluding hydrogens is 279 g/mol. The summed E-state index contributed by atoms with van der Waals surface area (Å²) in [5.41, 5.74) is 0. The zero-order valence-corrected chi connectivity index (χ0v) is 13.1. The predicted molar refractivity (Wildman–Crippen MR) is 84.4 cm³/mol. The van der Waals surface area contributed by atoms with E-state index in [4.69, 9.17) is 21.1 Å². The van der Waals surface area contributed by atoms with Crippen molar-refractivity contribution in [3.8, 4) is 11.5 Å². The van der Waals surface area contributed by atoms with E-state index in [1.54, 1.807) is 6.92 Å². The Morgan fingerprint density at radius 1 is 0.895 bits per heavy atom. The van der Waals surface area contributed by atoms with Gasteiger partial charge in [-0.3, -0.25) is 0 Å². The number of benzene rings is 2. The SMILES string of the molecule is CC(Cl)(COc1ccccc1)Oc1ccccc1.P. The number of rotatable bonds is 5. The largest absolute Gasteiger partial charge is 0.488 e. The van der Waals surface area contributed by atoms with Gasteiger partial charge in [-0.15, -0.1) is 0 Å². The van der Waals surface area contributed by atoms with Crippen LogP contribution in [0.5, 0.6) is 11.5 Å². The van der Waals surface area contributed by atoms with Crippen LogP contribution in [0.1, 0.15) is 6.92 Å². The maximum Gasteiger partial charge on any atom is 0.213 e. The first-order chi connectivity index (χ1) is 8.66. The van der Waals surface area contributed by atoms with Gasteiger partial charge >= 0.3 is 0 Å². The zero-order valence-electron chi connectivity index (χ0n) is 10.9. The van der Waals surface area contributed by atoms with Crippen molar-refractivity contribution in [2.24, 2.45) is 0 Å². The van der Waals surface area contributed by atoms with Crippen LogP contribution in [0.2, 0.25) is 0 Å². The van der Waals surface area contributed by atoms with Crippen molar-refractivity contribution in [2.45, 2.75) is 12.0 Å². The average Bonchev–Trinajstić information content (AvgIpc) is 2.38. The Morgan fingerprint density at radius 2 is 1.37 bits per heavy atom. The molecule has 0 heterocycles. The number of ether oxygens (including phenoxy) is 2. The van der Waals surface area contributed by atoms with Gasteiger partial charge in [-0.1, -0.05) is 48.0 Å². The van der Waals surface area contributed by atoms with Gasteiger partial charge in [0.2, 0.25) is 5.06 Å². The van der Waals surface area contributed by atoms with E-state index in [0.717, 1.165) is 11.5 Å². The molecule has 0 N–H and O–H groups in total. The first-order valence-electron chi connectivity index (χ1n) is 5.76. The Bertz CT molecular complexity index is 474. The highest BCUT2D eigenvalue weighted by atomic mass is 35.5. The van der Waals surface area contributed by atoms with Gasteiger partial charge in [-0.2, -0.15) is 9.90 Å². The summed E-state index contributed by atoms with van der Waals surface area (Å²) in [6.45, 7) is 2.05. The molecule has 0 amide bonds. The molecule has 102 valence electrons. The maximum absolute atomic E-state index is 6.27. The third kappa shape index (κ3) is 5.50. The minimum atomic E-state index is -0.892. The van der Waals surface area contributed by atoms with Crippen molar-refractivity contribution >= 4 is 21.5 Å². The summed E-state index contributed by atoms with van der Waals surface area (Å²) in [6, 6.07) is 19.0. The van der Waals surface area contributed by atoms with Crippen LogP contribution in [0, 0.1) is 0 Å². The molecule has 2 aromatic rings. The van der Waals surface area contributed by atoms with Gasteiger partial charge in [0, 0.05) is 0 Å². The van der Waals surface area contributed by atoms with E-state index < -0.39 is 5.06 Å². The molecule has 0 aliphatic carbocycles. The van der Waals surface area contributed by atoms with Crippen molar-refractivity contribution < 1.29 is 9.47 Å². The number of para-hydroxylation sites is 2. The van der Waals surface area contributed by atoms with Crippen LogP contribution in [0.3, 0.4) is 0 Å².